The van der Waals surface area contributed by atoms with Crippen LogP contribution in [0.1, 0.15) is 18.3 Å². The average Bonchev–Trinajstić information content (AvgIpc) is 3.19. The predicted octanol–water partition coefficient (Wildman–Crippen LogP) is 5.91. The smallest absolute Gasteiger partial charge is 0.237 e. The van der Waals surface area contributed by atoms with Gasteiger partial charge in [-0.05, 0) is 48.9 Å². The van der Waals surface area contributed by atoms with E-state index in [9.17, 15) is 13.6 Å². The summed E-state index contributed by atoms with van der Waals surface area (Å²) in [5.41, 5.74) is 1.64. The van der Waals surface area contributed by atoms with Gasteiger partial charge in [0.2, 0.25) is 5.91 Å². The maximum absolute atomic E-state index is 13.9. The van der Waals surface area contributed by atoms with Crippen LogP contribution < -0.4 is 5.32 Å². The lowest BCUT2D eigenvalue weighted by Crippen LogP contribution is -2.23. The van der Waals surface area contributed by atoms with Gasteiger partial charge in [0, 0.05) is 23.2 Å². The third-order valence-electron chi connectivity index (χ3n) is 4.83. The lowest BCUT2D eigenvalue weighted by atomic mass is 10.1. The molecule has 0 aliphatic heterocycles. The van der Waals surface area contributed by atoms with Gasteiger partial charge in [0.25, 0.3) is 0 Å². The van der Waals surface area contributed by atoms with Crippen molar-refractivity contribution in [3.8, 4) is 5.69 Å². The highest BCUT2D eigenvalue weighted by Gasteiger charge is 2.22. The molecule has 4 rings (SSSR count). The topological polar surface area (TPSA) is 59.8 Å². The molecule has 1 aromatic heterocycles. The van der Waals surface area contributed by atoms with E-state index in [-0.39, 0.29) is 5.69 Å². The lowest BCUT2D eigenvalue weighted by molar-refractivity contribution is -0.115. The largest absolute Gasteiger partial charge is 0.323 e. The molecule has 0 saturated carbocycles. The molecule has 1 unspecified atom stereocenters. The van der Waals surface area contributed by atoms with Crippen LogP contribution >= 0.6 is 23.4 Å². The zero-order chi connectivity index (χ0) is 23.4. The van der Waals surface area contributed by atoms with Gasteiger partial charge in [-0.2, -0.15) is 0 Å². The van der Waals surface area contributed by atoms with E-state index in [1.54, 1.807) is 19.1 Å². The predicted molar refractivity (Wildman–Crippen MR) is 126 cm³/mol. The molecule has 0 bridgehead atoms. The van der Waals surface area contributed by atoms with Gasteiger partial charge in [-0.1, -0.05) is 53.7 Å². The highest BCUT2D eigenvalue weighted by molar-refractivity contribution is 8.00. The van der Waals surface area contributed by atoms with Crippen molar-refractivity contribution >= 4 is 35.0 Å². The molecule has 0 spiro atoms. The number of aromatic nitrogens is 3. The lowest BCUT2D eigenvalue weighted by Gasteiger charge is -2.14. The summed E-state index contributed by atoms with van der Waals surface area (Å²) in [7, 11) is 0. The first-order chi connectivity index (χ1) is 15.9. The number of hydrogen-bond acceptors (Lipinski definition) is 4. The quantitative estimate of drug-likeness (QED) is 0.331. The van der Waals surface area contributed by atoms with Gasteiger partial charge in [-0.15, -0.1) is 10.2 Å². The van der Waals surface area contributed by atoms with Gasteiger partial charge in [-0.3, -0.25) is 9.36 Å². The minimum atomic E-state index is -0.712. The summed E-state index contributed by atoms with van der Waals surface area (Å²) in [6, 6.07) is 20.0. The third-order valence-corrected chi connectivity index (χ3v) is 6.12. The molecule has 1 atom stereocenters. The van der Waals surface area contributed by atoms with Crippen LogP contribution in [0, 0.1) is 11.6 Å². The van der Waals surface area contributed by atoms with Crippen molar-refractivity contribution in [2.24, 2.45) is 0 Å². The second kappa shape index (κ2) is 10.1. The minimum absolute atomic E-state index is 0.212. The van der Waals surface area contributed by atoms with Gasteiger partial charge < -0.3 is 5.32 Å². The fraction of sp³-hybridized carbons (Fsp3) is 0.125. The number of thioether (sulfide) groups is 1. The Bertz CT molecular complexity index is 1270. The highest BCUT2D eigenvalue weighted by atomic mass is 35.5. The van der Waals surface area contributed by atoms with Gasteiger partial charge in [-0.25, -0.2) is 8.78 Å². The molecule has 0 fully saturated rings. The molecule has 1 N–H and O–H groups in total. The van der Waals surface area contributed by atoms with E-state index in [2.05, 4.69) is 15.5 Å². The number of carbonyl (C=O) groups excluding carboxylic acids is 1. The van der Waals surface area contributed by atoms with Crippen molar-refractivity contribution in [2.45, 2.75) is 23.8 Å². The summed E-state index contributed by atoms with van der Waals surface area (Å²) < 4.78 is 29.2. The van der Waals surface area contributed by atoms with Crippen LogP contribution in [0.15, 0.2) is 78.0 Å². The van der Waals surface area contributed by atoms with Crippen molar-refractivity contribution < 1.29 is 13.6 Å². The van der Waals surface area contributed by atoms with Gasteiger partial charge in [0.05, 0.1) is 10.9 Å². The minimum Gasteiger partial charge on any atom is -0.323 e. The van der Waals surface area contributed by atoms with Crippen LogP contribution in [0.4, 0.5) is 14.5 Å². The molecule has 0 aliphatic rings. The van der Waals surface area contributed by atoms with Crippen LogP contribution in [0.2, 0.25) is 5.02 Å². The molecule has 3 aromatic carbocycles. The van der Waals surface area contributed by atoms with Crippen molar-refractivity contribution in [1.29, 1.82) is 0 Å². The molecule has 4 aromatic rings. The molecule has 5 nitrogen and oxygen atoms in total. The summed E-state index contributed by atoms with van der Waals surface area (Å²) in [4.78, 5) is 12.7. The molecule has 33 heavy (non-hydrogen) atoms. The number of amides is 1. The number of halogens is 3. The molecule has 9 heteroatoms. The Morgan fingerprint density at radius 3 is 2.52 bits per heavy atom. The van der Waals surface area contributed by atoms with E-state index in [1.165, 1.54) is 11.8 Å². The summed E-state index contributed by atoms with van der Waals surface area (Å²) in [6.45, 7) is 1.66. The third kappa shape index (κ3) is 5.58. The normalized spacial score (nSPS) is 11.9. The van der Waals surface area contributed by atoms with E-state index >= 15 is 0 Å². The van der Waals surface area contributed by atoms with Gasteiger partial charge in [0.15, 0.2) is 5.16 Å². The summed E-state index contributed by atoms with van der Waals surface area (Å²) in [5, 5.41) is 11.5. The number of carbonyl (C=O) groups is 1. The Morgan fingerprint density at radius 2 is 1.79 bits per heavy atom. The second-order valence-corrected chi connectivity index (χ2v) is 8.99. The van der Waals surface area contributed by atoms with Crippen LogP contribution in [-0.4, -0.2) is 25.9 Å². The van der Waals surface area contributed by atoms with Crippen LogP contribution in [0.3, 0.4) is 0 Å². The number of benzene rings is 3. The maximum atomic E-state index is 13.9. The first kappa shape index (κ1) is 22.9. The molecule has 0 radical (unpaired) electrons. The number of hydrogen-bond donors (Lipinski definition) is 1. The monoisotopic (exact) mass is 484 g/mol. The van der Waals surface area contributed by atoms with E-state index in [0.717, 1.165) is 29.4 Å². The van der Waals surface area contributed by atoms with E-state index < -0.39 is 22.8 Å². The van der Waals surface area contributed by atoms with Crippen molar-refractivity contribution in [3.05, 3.63) is 101 Å². The second-order valence-electron chi connectivity index (χ2n) is 7.25. The Morgan fingerprint density at radius 1 is 1.06 bits per heavy atom. The Labute approximate surface area is 198 Å². The standard InChI is InChI=1S/C24H19ClF2N4OS/c1-15(23(32)28-21-14-18(26)9-12-20(21)27)33-24-30-29-22(13-16-5-3-2-4-6-16)31(24)19-10-7-17(25)8-11-19/h2-12,14-15H,13H2,1H3,(H,28,32). The fourth-order valence-electron chi connectivity index (χ4n) is 3.16. The first-order valence-corrected chi connectivity index (χ1v) is 11.3. The highest BCUT2D eigenvalue weighted by Crippen LogP contribution is 2.28. The summed E-state index contributed by atoms with van der Waals surface area (Å²) >= 11 is 7.22. The molecule has 0 saturated heterocycles. The summed E-state index contributed by atoms with van der Waals surface area (Å²) in [6.07, 6.45) is 0.534. The molecule has 0 aliphatic carbocycles. The fourth-order valence-corrected chi connectivity index (χ4v) is 4.17. The van der Waals surface area contributed by atoms with Crippen LogP contribution in [0.5, 0.6) is 0 Å². The van der Waals surface area contributed by atoms with Crippen molar-refractivity contribution in [1.82, 2.24) is 14.8 Å². The first-order valence-electron chi connectivity index (χ1n) is 10.1. The van der Waals surface area contributed by atoms with Gasteiger partial charge in [0.1, 0.15) is 17.5 Å². The number of nitrogens with one attached hydrogen (secondary N) is 1. The van der Waals surface area contributed by atoms with E-state index in [1.807, 2.05) is 47.0 Å². The molecular weight excluding hydrogens is 466 g/mol. The van der Waals surface area contributed by atoms with Crippen LogP contribution in [-0.2, 0) is 11.2 Å². The zero-order valence-electron chi connectivity index (χ0n) is 17.5. The van der Waals surface area contributed by atoms with Crippen molar-refractivity contribution in [2.75, 3.05) is 5.32 Å². The molecule has 1 heterocycles. The van der Waals surface area contributed by atoms with Crippen molar-refractivity contribution in [3.63, 3.8) is 0 Å². The Kier molecular flexibility index (Phi) is 7.05. The average molecular weight is 485 g/mol. The number of nitrogens with zero attached hydrogens (tertiary/aromatic N) is 3. The molecule has 168 valence electrons. The Balaban J connectivity index is 1.60. The van der Waals surface area contributed by atoms with Gasteiger partial charge >= 0.3 is 0 Å². The van der Waals surface area contributed by atoms with E-state index in [0.29, 0.717) is 22.4 Å². The number of anilines is 1. The van der Waals surface area contributed by atoms with E-state index in [4.69, 9.17) is 11.6 Å². The van der Waals surface area contributed by atoms with Crippen LogP contribution in [0.25, 0.3) is 5.69 Å². The maximum Gasteiger partial charge on any atom is 0.237 e. The Hall–Kier alpha value is -3.23. The molecule has 1 amide bonds. The number of rotatable bonds is 7. The SMILES string of the molecule is CC(Sc1nnc(Cc2ccccc2)n1-c1ccc(Cl)cc1)C(=O)Nc1cc(F)ccc1F. The summed E-state index contributed by atoms with van der Waals surface area (Å²) in [5.74, 6) is -1.15. The molecular formula is C24H19ClF2N4OS. The zero-order valence-corrected chi connectivity index (χ0v) is 19.1.